The Labute approximate surface area is 115 Å². The van der Waals surface area contributed by atoms with Gasteiger partial charge in [-0.05, 0) is 0 Å². The Morgan fingerprint density at radius 2 is 0.636 bits per heavy atom. The van der Waals surface area contributed by atoms with Gasteiger partial charge in [0.2, 0.25) is 17.5 Å². The molecule has 0 aliphatic heterocycles. The summed E-state index contributed by atoms with van der Waals surface area (Å²) in [5.41, 5.74) is -4.18. The van der Waals surface area contributed by atoms with Gasteiger partial charge in [0, 0.05) is 0 Å². The van der Waals surface area contributed by atoms with Crippen molar-refractivity contribution in [1.82, 2.24) is 0 Å². The lowest BCUT2D eigenvalue weighted by Crippen LogP contribution is -2.06. The van der Waals surface area contributed by atoms with E-state index >= 15 is 0 Å². The molecule has 0 saturated heterocycles. The third kappa shape index (κ3) is 1.94. The second-order valence-corrected chi connectivity index (χ2v) is 3.96. The highest BCUT2D eigenvalue weighted by Gasteiger charge is 2.33. The van der Waals surface area contributed by atoms with Crippen molar-refractivity contribution in [2.24, 2.45) is 0 Å². The molecule has 2 nitrogen and oxygen atoms in total. The third-order valence-corrected chi connectivity index (χ3v) is 2.73. The summed E-state index contributed by atoms with van der Waals surface area (Å²) in [6.45, 7) is 0. The van der Waals surface area contributed by atoms with Crippen molar-refractivity contribution in [3.63, 3.8) is 0 Å². The maximum absolute atomic E-state index is 13.6. The van der Waals surface area contributed by atoms with Crippen molar-refractivity contribution in [2.75, 3.05) is 0 Å². The van der Waals surface area contributed by atoms with E-state index in [1.807, 2.05) is 0 Å². The van der Waals surface area contributed by atoms with Crippen LogP contribution in [0.25, 0.3) is 11.1 Å². The lowest BCUT2D eigenvalue weighted by atomic mass is 10.0. The molecule has 0 unspecified atom stereocenters. The van der Waals surface area contributed by atoms with Gasteiger partial charge in [-0.1, -0.05) is 0 Å². The molecule has 10 heteroatoms. The zero-order valence-corrected chi connectivity index (χ0v) is 9.92. The Bertz CT molecular complexity index is 677. The molecule has 0 amide bonds. The van der Waals surface area contributed by atoms with E-state index in [4.69, 9.17) is 10.2 Å². The summed E-state index contributed by atoms with van der Waals surface area (Å²) in [5, 5.41) is 17.6. The van der Waals surface area contributed by atoms with Crippen LogP contribution in [-0.4, -0.2) is 10.2 Å². The summed E-state index contributed by atoms with van der Waals surface area (Å²) in [6, 6.07) is 0. The van der Waals surface area contributed by atoms with Gasteiger partial charge in [-0.15, -0.1) is 0 Å². The molecule has 2 N–H and O–H groups in total. The molecule has 0 saturated carbocycles. The Hall–Kier alpha value is -2.52. The summed E-state index contributed by atoms with van der Waals surface area (Å²) < 4.78 is 106. The SMILES string of the molecule is Oc1c(F)c(F)c(-c2c(F)c(O)c(F)c(F)c2F)c(F)c1F. The molecule has 0 atom stereocenters. The summed E-state index contributed by atoms with van der Waals surface area (Å²) in [6.07, 6.45) is 0. The molecule has 0 aromatic heterocycles. The molecule has 118 valence electrons. The summed E-state index contributed by atoms with van der Waals surface area (Å²) in [4.78, 5) is 0. The van der Waals surface area contributed by atoms with Gasteiger partial charge < -0.3 is 10.2 Å². The molecule has 0 aliphatic rings. The van der Waals surface area contributed by atoms with E-state index in [-0.39, 0.29) is 0 Å². The number of benzene rings is 2. The first-order chi connectivity index (χ1) is 10.1. The molecule has 0 aliphatic carbocycles. The normalized spacial score (nSPS) is 11.1. The van der Waals surface area contributed by atoms with Crippen LogP contribution in [0.5, 0.6) is 11.5 Å². The van der Waals surface area contributed by atoms with Gasteiger partial charge in [-0.25, -0.2) is 22.0 Å². The monoisotopic (exact) mass is 330 g/mol. The molecule has 0 heterocycles. The van der Waals surface area contributed by atoms with Gasteiger partial charge in [0.15, 0.2) is 40.6 Å². The maximum atomic E-state index is 13.6. The van der Waals surface area contributed by atoms with Crippen molar-refractivity contribution in [3.8, 4) is 22.6 Å². The molecular formula is C12H2F8O2. The number of phenolic OH excluding ortho intramolecular Hbond substituents is 2. The number of aromatic hydroxyl groups is 2. The van der Waals surface area contributed by atoms with Crippen LogP contribution in [0.4, 0.5) is 35.1 Å². The zero-order valence-electron chi connectivity index (χ0n) is 9.92. The minimum atomic E-state index is -2.53. The summed E-state index contributed by atoms with van der Waals surface area (Å²) >= 11 is 0. The van der Waals surface area contributed by atoms with Gasteiger partial charge >= 0.3 is 0 Å². The predicted molar refractivity (Wildman–Crippen MR) is 54.9 cm³/mol. The van der Waals surface area contributed by atoms with Gasteiger partial charge in [0.05, 0.1) is 11.1 Å². The van der Waals surface area contributed by atoms with E-state index in [0.717, 1.165) is 0 Å². The van der Waals surface area contributed by atoms with Crippen LogP contribution in [0.1, 0.15) is 0 Å². The van der Waals surface area contributed by atoms with E-state index in [0.29, 0.717) is 0 Å². The number of phenols is 2. The standard InChI is InChI=1S/C12H2F8O2/c13-3-2(6(16)11(21)10(20)7(3)17)1-4(14)8(18)12(22)9(19)5(1)15/h21-22H. The van der Waals surface area contributed by atoms with E-state index < -0.39 is 69.2 Å². The van der Waals surface area contributed by atoms with Crippen molar-refractivity contribution in [1.29, 1.82) is 0 Å². The van der Waals surface area contributed by atoms with Crippen molar-refractivity contribution < 1.29 is 45.3 Å². The van der Waals surface area contributed by atoms with Crippen LogP contribution in [0, 0.1) is 46.5 Å². The highest BCUT2D eigenvalue weighted by molar-refractivity contribution is 5.69. The minimum Gasteiger partial charge on any atom is -0.503 e. The molecule has 22 heavy (non-hydrogen) atoms. The van der Waals surface area contributed by atoms with Gasteiger partial charge in [0.1, 0.15) is 0 Å². The van der Waals surface area contributed by atoms with E-state index in [1.165, 1.54) is 0 Å². The Kier molecular flexibility index (Phi) is 3.63. The smallest absolute Gasteiger partial charge is 0.206 e. The molecule has 0 spiro atoms. The molecular weight excluding hydrogens is 328 g/mol. The summed E-state index contributed by atoms with van der Waals surface area (Å²) in [7, 11) is 0. The fourth-order valence-corrected chi connectivity index (χ4v) is 1.68. The van der Waals surface area contributed by atoms with Crippen LogP contribution in [0.3, 0.4) is 0 Å². The molecule has 0 bridgehead atoms. The van der Waals surface area contributed by atoms with Gasteiger partial charge in [-0.2, -0.15) is 13.2 Å². The number of hydrogen-bond acceptors (Lipinski definition) is 2. The average Bonchev–Trinajstić information content (AvgIpc) is 2.50. The predicted octanol–water partition coefficient (Wildman–Crippen LogP) is 3.88. The highest BCUT2D eigenvalue weighted by Crippen LogP contribution is 2.41. The van der Waals surface area contributed by atoms with Crippen molar-refractivity contribution in [2.45, 2.75) is 0 Å². The molecule has 0 radical (unpaired) electrons. The topological polar surface area (TPSA) is 40.5 Å². The first-order valence-corrected chi connectivity index (χ1v) is 5.21. The van der Waals surface area contributed by atoms with Crippen molar-refractivity contribution >= 4 is 0 Å². The largest absolute Gasteiger partial charge is 0.503 e. The quantitative estimate of drug-likeness (QED) is 0.473. The first-order valence-electron chi connectivity index (χ1n) is 5.21. The maximum Gasteiger partial charge on any atom is 0.206 e. The molecule has 0 fully saturated rings. The molecule has 2 rings (SSSR count). The van der Waals surface area contributed by atoms with Crippen LogP contribution in [0.2, 0.25) is 0 Å². The average molecular weight is 330 g/mol. The fraction of sp³-hybridized carbons (Fsp3) is 0. The second-order valence-electron chi connectivity index (χ2n) is 3.96. The lowest BCUT2D eigenvalue weighted by Gasteiger charge is -2.12. The first kappa shape index (κ1) is 15.9. The molecule has 2 aromatic rings. The number of rotatable bonds is 1. The van der Waals surface area contributed by atoms with Gasteiger partial charge in [-0.3, -0.25) is 0 Å². The number of hydrogen-bond donors (Lipinski definition) is 2. The summed E-state index contributed by atoms with van der Waals surface area (Å²) in [5.74, 6) is -23.9. The van der Waals surface area contributed by atoms with Crippen molar-refractivity contribution in [3.05, 3.63) is 46.5 Å². The second kappa shape index (κ2) is 5.04. The zero-order chi connectivity index (χ0) is 16.9. The Morgan fingerprint density at radius 1 is 0.364 bits per heavy atom. The number of halogens is 8. The van der Waals surface area contributed by atoms with E-state index in [9.17, 15) is 35.1 Å². The van der Waals surface area contributed by atoms with E-state index in [2.05, 4.69) is 0 Å². The highest BCUT2D eigenvalue weighted by atomic mass is 19.2. The van der Waals surface area contributed by atoms with Crippen LogP contribution in [0.15, 0.2) is 0 Å². The fourth-order valence-electron chi connectivity index (χ4n) is 1.68. The molecule has 2 aromatic carbocycles. The Balaban J connectivity index is 3.03. The van der Waals surface area contributed by atoms with Crippen LogP contribution < -0.4 is 0 Å². The lowest BCUT2D eigenvalue weighted by molar-refractivity contribution is 0.352. The minimum absolute atomic E-state index is 2.08. The van der Waals surface area contributed by atoms with Crippen LogP contribution in [-0.2, 0) is 0 Å². The van der Waals surface area contributed by atoms with Crippen LogP contribution >= 0.6 is 0 Å². The third-order valence-electron chi connectivity index (χ3n) is 2.73. The van der Waals surface area contributed by atoms with E-state index in [1.54, 1.807) is 0 Å². The Morgan fingerprint density at radius 3 is 1.09 bits per heavy atom. The van der Waals surface area contributed by atoms with Gasteiger partial charge in [0.25, 0.3) is 0 Å².